The van der Waals surface area contributed by atoms with Gasteiger partial charge in [-0.15, -0.1) is 11.3 Å². The van der Waals surface area contributed by atoms with Gasteiger partial charge in [-0.1, -0.05) is 0 Å². The van der Waals surface area contributed by atoms with Gasteiger partial charge in [-0.3, -0.25) is 4.40 Å². The zero-order valence-corrected chi connectivity index (χ0v) is 13.1. The lowest BCUT2D eigenvalue weighted by Gasteiger charge is -2.34. The number of amides is 2. The van der Waals surface area contributed by atoms with Crippen LogP contribution < -0.4 is 5.32 Å². The molecule has 0 saturated heterocycles. The number of aromatic nitrogens is 3. The predicted octanol–water partition coefficient (Wildman–Crippen LogP) is 2.48. The molecule has 6 nitrogen and oxygen atoms in total. The van der Waals surface area contributed by atoms with Crippen molar-refractivity contribution in [3.63, 3.8) is 0 Å². The first-order chi connectivity index (χ1) is 10.7. The molecule has 3 aromatic heterocycles. The van der Waals surface area contributed by atoms with E-state index in [2.05, 4.69) is 34.1 Å². The topological polar surface area (TPSA) is 54.6 Å². The Morgan fingerprint density at radius 2 is 2.36 bits per heavy atom. The first-order valence-electron chi connectivity index (χ1n) is 7.33. The summed E-state index contributed by atoms with van der Waals surface area (Å²) in [5, 5.41) is 4.97. The highest BCUT2D eigenvalue weighted by Gasteiger charge is 2.27. The van der Waals surface area contributed by atoms with Crippen LogP contribution in [0.15, 0.2) is 36.1 Å². The van der Waals surface area contributed by atoms with Crippen LogP contribution in [0, 0.1) is 0 Å². The van der Waals surface area contributed by atoms with E-state index in [0.717, 1.165) is 23.7 Å². The quantitative estimate of drug-likeness (QED) is 0.790. The molecule has 0 spiro atoms. The lowest BCUT2D eigenvalue weighted by molar-refractivity contribution is 0.162. The van der Waals surface area contributed by atoms with Crippen molar-refractivity contribution >= 4 is 22.3 Å². The summed E-state index contributed by atoms with van der Waals surface area (Å²) >= 11 is 1.59. The molecule has 1 aliphatic heterocycles. The van der Waals surface area contributed by atoms with Crippen LogP contribution >= 0.6 is 11.3 Å². The Hall–Kier alpha value is -2.28. The van der Waals surface area contributed by atoms with Crippen molar-refractivity contribution in [3.05, 3.63) is 47.5 Å². The minimum atomic E-state index is -0.0312. The van der Waals surface area contributed by atoms with Gasteiger partial charge in [-0.2, -0.15) is 0 Å². The van der Waals surface area contributed by atoms with Gasteiger partial charge in [0.05, 0.1) is 18.3 Å². The maximum atomic E-state index is 12.4. The van der Waals surface area contributed by atoms with Gasteiger partial charge in [0.15, 0.2) is 4.96 Å². The summed E-state index contributed by atoms with van der Waals surface area (Å²) in [6.45, 7) is 4.10. The second-order valence-electron chi connectivity index (χ2n) is 5.48. The molecular weight excluding hydrogens is 298 g/mol. The fraction of sp³-hybridized carbons (Fsp3) is 0.333. The van der Waals surface area contributed by atoms with Crippen molar-refractivity contribution in [1.29, 1.82) is 0 Å². The predicted molar refractivity (Wildman–Crippen MR) is 84.9 cm³/mol. The van der Waals surface area contributed by atoms with Crippen molar-refractivity contribution in [2.75, 3.05) is 6.54 Å². The van der Waals surface area contributed by atoms with Gasteiger partial charge in [-0.25, -0.2) is 9.78 Å². The molecule has 0 radical (unpaired) electrons. The van der Waals surface area contributed by atoms with Gasteiger partial charge in [0, 0.05) is 42.8 Å². The van der Waals surface area contributed by atoms with E-state index >= 15 is 0 Å². The van der Waals surface area contributed by atoms with Crippen LogP contribution in [0.25, 0.3) is 4.96 Å². The Morgan fingerprint density at radius 1 is 1.45 bits per heavy atom. The standard InChI is InChI=1S/C15H17N5OS/c1-11-13-3-2-4-18(13)5-6-20(11)14(21)16-9-12-10-19-7-8-22-15(19)17-12/h2-4,7-8,10-11H,5-6,9H2,1H3,(H,16,21). The largest absolute Gasteiger partial charge is 0.348 e. The summed E-state index contributed by atoms with van der Waals surface area (Å²) in [6.07, 6.45) is 6.00. The molecule has 4 rings (SSSR count). The van der Waals surface area contributed by atoms with Crippen LogP contribution in [0.2, 0.25) is 0 Å². The van der Waals surface area contributed by atoms with Gasteiger partial charge in [-0.05, 0) is 19.1 Å². The smallest absolute Gasteiger partial charge is 0.318 e. The summed E-state index contributed by atoms with van der Waals surface area (Å²) in [5.74, 6) is 0. The van der Waals surface area contributed by atoms with Crippen molar-refractivity contribution in [1.82, 2.24) is 24.2 Å². The van der Waals surface area contributed by atoms with Gasteiger partial charge in [0.2, 0.25) is 0 Å². The molecule has 1 N–H and O–H groups in total. The SMILES string of the molecule is CC1c2cccn2CCN1C(=O)NCc1cn2ccsc2n1. The first kappa shape index (κ1) is 13.4. The number of thiazole rings is 1. The Balaban J connectivity index is 1.43. The number of nitrogens with zero attached hydrogens (tertiary/aromatic N) is 4. The average molecular weight is 315 g/mol. The molecule has 1 unspecified atom stereocenters. The monoisotopic (exact) mass is 315 g/mol. The maximum Gasteiger partial charge on any atom is 0.318 e. The molecule has 22 heavy (non-hydrogen) atoms. The van der Waals surface area contributed by atoms with Crippen LogP contribution in [0.4, 0.5) is 4.79 Å². The summed E-state index contributed by atoms with van der Waals surface area (Å²) in [7, 11) is 0. The average Bonchev–Trinajstić information content (AvgIpc) is 3.20. The van der Waals surface area contributed by atoms with Gasteiger partial charge in [0.25, 0.3) is 0 Å². The molecule has 0 saturated carbocycles. The highest BCUT2D eigenvalue weighted by atomic mass is 32.1. The fourth-order valence-electron chi connectivity index (χ4n) is 2.99. The summed E-state index contributed by atoms with van der Waals surface area (Å²) in [5.41, 5.74) is 2.07. The van der Waals surface area contributed by atoms with E-state index in [0.29, 0.717) is 6.54 Å². The minimum Gasteiger partial charge on any atom is -0.348 e. The van der Waals surface area contributed by atoms with Crippen molar-refractivity contribution in [3.8, 4) is 0 Å². The fourth-order valence-corrected chi connectivity index (χ4v) is 3.70. The normalized spacial score (nSPS) is 17.7. The Morgan fingerprint density at radius 3 is 3.23 bits per heavy atom. The van der Waals surface area contributed by atoms with Crippen LogP contribution in [-0.4, -0.2) is 31.4 Å². The third kappa shape index (κ3) is 2.18. The lowest BCUT2D eigenvalue weighted by Crippen LogP contribution is -2.45. The van der Waals surface area contributed by atoms with Crippen LogP contribution in [0.5, 0.6) is 0 Å². The van der Waals surface area contributed by atoms with E-state index in [4.69, 9.17) is 0 Å². The third-order valence-electron chi connectivity index (χ3n) is 4.17. The molecule has 7 heteroatoms. The second kappa shape index (κ2) is 5.17. The van der Waals surface area contributed by atoms with Gasteiger partial charge < -0.3 is 14.8 Å². The molecule has 4 heterocycles. The molecular formula is C15H17N5OS. The number of carbonyl (C=O) groups is 1. The number of fused-ring (bicyclic) bond motifs is 2. The van der Waals surface area contributed by atoms with Crippen LogP contribution in [0.1, 0.15) is 24.4 Å². The summed E-state index contributed by atoms with van der Waals surface area (Å²) in [4.78, 5) is 19.8. The number of hydrogen-bond acceptors (Lipinski definition) is 3. The van der Waals surface area contributed by atoms with E-state index in [1.54, 1.807) is 11.3 Å². The summed E-state index contributed by atoms with van der Waals surface area (Å²) in [6, 6.07) is 4.17. The zero-order valence-electron chi connectivity index (χ0n) is 12.3. The first-order valence-corrected chi connectivity index (χ1v) is 8.21. The number of hydrogen-bond donors (Lipinski definition) is 1. The highest BCUT2D eigenvalue weighted by molar-refractivity contribution is 7.15. The minimum absolute atomic E-state index is 0.0312. The zero-order chi connectivity index (χ0) is 15.1. The van der Waals surface area contributed by atoms with Crippen molar-refractivity contribution in [2.45, 2.75) is 26.1 Å². The molecule has 1 atom stereocenters. The van der Waals surface area contributed by atoms with Crippen molar-refractivity contribution in [2.24, 2.45) is 0 Å². The van der Waals surface area contributed by atoms with Crippen LogP contribution in [-0.2, 0) is 13.1 Å². The summed E-state index contributed by atoms with van der Waals surface area (Å²) < 4.78 is 4.18. The molecule has 0 aliphatic carbocycles. The van der Waals surface area contributed by atoms with Crippen LogP contribution in [0.3, 0.4) is 0 Å². The Labute approximate surface area is 132 Å². The molecule has 0 aromatic carbocycles. The van der Waals surface area contributed by atoms with E-state index in [1.165, 1.54) is 5.69 Å². The molecule has 114 valence electrons. The van der Waals surface area contributed by atoms with E-state index in [1.807, 2.05) is 33.1 Å². The Bertz CT molecular complexity index is 788. The highest BCUT2D eigenvalue weighted by Crippen LogP contribution is 2.25. The van der Waals surface area contributed by atoms with Crippen molar-refractivity contribution < 1.29 is 4.79 Å². The maximum absolute atomic E-state index is 12.4. The number of urea groups is 1. The molecule has 0 bridgehead atoms. The molecule has 3 aromatic rings. The molecule has 0 fully saturated rings. The van der Waals surface area contributed by atoms with E-state index in [9.17, 15) is 4.79 Å². The number of carbonyl (C=O) groups excluding carboxylic acids is 1. The van der Waals surface area contributed by atoms with Gasteiger partial charge >= 0.3 is 6.03 Å². The molecule has 1 aliphatic rings. The Kier molecular flexibility index (Phi) is 3.15. The van der Waals surface area contributed by atoms with E-state index < -0.39 is 0 Å². The van der Waals surface area contributed by atoms with Gasteiger partial charge in [0.1, 0.15) is 0 Å². The number of rotatable bonds is 2. The molecule has 2 amide bonds. The lowest BCUT2D eigenvalue weighted by atomic mass is 10.1. The van der Waals surface area contributed by atoms with E-state index in [-0.39, 0.29) is 12.1 Å². The second-order valence-corrected chi connectivity index (χ2v) is 6.35. The third-order valence-corrected chi connectivity index (χ3v) is 4.94. The number of nitrogens with one attached hydrogen (secondary N) is 1. The number of imidazole rings is 1.